The first kappa shape index (κ1) is 14.5. The topological polar surface area (TPSA) is 33.2 Å². The van der Waals surface area contributed by atoms with Gasteiger partial charge in [0.05, 0.1) is 23.2 Å². The molecule has 1 aliphatic heterocycles. The number of alkyl halides is 1. The number of halogens is 2. The molecule has 3 nitrogen and oxygen atoms in total. The third-order valence-corrected chi connectivity index (χ3v) is 4.93. The molecule has 1 saturated heterocycles. The second-order valence-corrected chi connectivity index (χ2v) is 6.41. The number of hydrogen-bond acceptors (Lipinski definition) is 3. The molecule has 2 atom stereocenters. The molecule has 0 unspecified atom stereocenters. The fourth-order valence-electron chi connectivity index (χ4n) is 2.56. The van der Waals surface area contributed by atoms with Crippen molar-refractivity contribution in [3.8, 4) is 0 Å². The Labute approximate surface area is 131 Å². The fourth-order valence-corrected chi connectivity index (χ4v) is 3.70. The number of thiazole rings is 1. The molecule has 0 N–H and O–H groups in total. The summed E-state index contributed by atoms with van der Waals surface area (Å²) in [6.45, 7) is 1.98. The van der Waals surface area contributed by atoms with E-state index < -0.39 is 6.17 Å². The Morgan fingerprint density at radius 1 is 1.48 bits per heavy atom. The van der Waals surface area contributed by atoms with E-state index in [1.54, 1.807) is 29.2 Å². The number of likely N-dealkylation sites (tertiary alicyclic amines) is 1. The highest BCUT2D eigenvalue weighted by atomic mass is 35.5. The summed E-state index contributed by atoms with van der Waals surface area (Å²) < 4.78 is 13.8. The molecule has 0 radical (unpaired) electrons. The van der Waals surface area contributed by atoms with Crippen LogP contribution in [0.3, 0.4) is 0 Å². The molecular weight excluding hydrogens is 311 g/mol. The maximum atomic E-state index is 13.8. The van der Waals surface area contributed by atoms with Gasteiger partial charge in [0.2, 0.25) is 0 Å². The molecule has 6 heteroatoms. The SMILES string of the molecule is Cc1csc([C@H]2C[C@H](F)CN2C(=O)c2ccccc2Cl)n1. The van der Waals surface area contributed by atoms with Gasteiger partial charge in [-0.1, -0.05) is 23.7 Å². The van der Waals surface area contributed by atoms with Crippen LogP contribution >= 0.6 is 22.9 Å². The molecule has 1 aromatic heterocycles. The number of aromatic nitrogens is 1. The van der Waals surface area contributed by atoms with E-state index in [2.05, 4.69) is 4.98 Å². The van der Waals surface area contributed by atoms with E-state index in [1.807, 2.05) is 12.3 Å². The number of carbonyl (C=O) groups is 1. The van der Waals surface area contributed by atoms with E-state index in [9.17, 15) is 9.18 Å². The normalized spacial score (nSPS) is 21.8. The predicted octanol–water partition coefficient (Wildman–Crippen LogP) is 4.03. The van der Waals surface area contributed by atoms with Crippen molar-refractivity contribution >= 4 is 28.8 Å². The minimum Gasteiger partial charge on any atom is -0.326 e. The van der Waals surface area contributed by atoms with Crippen LogP contribution in [0.15, 0.2) is 29.6 Å². The van der Waals surface area contributed by atoms with Crippen LogP contribution in [0.1, 0.15) is 33.5 Å². The molecule has 1 aliphatic rings. The van der Waals surface area contributed by atoms with Crippen LogP contribution < -0.4 is 0 Å². The third-order valence-electron chi connectivity index (χ3n) is 3.54. The Hall–Kier alpha value is -1.46. The van der Waals surface area contributed by atoms with Crippen LogP contribution in [0.2, 0.25) is 5.02 Å². The van der Waals surface area contributed by atoms with Gasteiger partial charge in [-0.15, -0.1) is 11.3 Å². The molecule has 0 bridgehead atoms. The van der Waals surface area contributed by atoms with Crippen LogP contribution in [0.5, 0.6) is 0 Å². The number of amides is 1. The zero-order valence-corrected chi connectivity index (χ0v) is 13.0. The summed E-state index contributed by atoms with van der Waals surface area (Å²) in [5, 5.41) is 3.09. The Morgan fingerprint density at radius 3 is 2.90 bits per heavy atom. The first-order valence-corrected chi connectivity index (χ1v) is 7.93. The average molecular weight is 325 g/mol. The van der Waals surface area contributed by atoms with Gasteiger partial charge in [-0.05, 0) is 19.1 Å². The standard InChI is InChI=1S/C15H14ClFN2OS/c1-9-8-21-14(18-9)13-6-10(17)7-19(13)15(20)11-4-2-3-5-12(11)16/h2-5,8,10,13H,6-7H2,1H3/t10-,13+/m0/s1. The van der Waals surface area contributed by atoms with Crippen molar-refractivity contribution in [1.82, 2.24) is 9.88 Å². The van der Waals surface area contributed by atoms with Crippen molar-refractivity contribution in [1.29, 1.82) is 0 Å². The Bertz CT molecular complexity index is 675. The number of nitrogens with zero attached hydrogens (tertiary/aromatic N) is 2. The van der Waals surface area contributed by atoms with Gasteiger partial charge < -0.3 is 4.90 Å². The first-order chi connectivity index (χ1) is 10.1. The molecular formula is C15H14ClFN2OS. The summed E-state index contributed by atoms with van der Waals surface area (Å²) in [5.41, 5.74) is 1.30. The van der Waals surface area contributed by atoms with Gasteiger partial charge in [-0.3, -0.25) is 4.79 Å². The highest BCUT2D eigenvalue weighted by Crippen LogP contribution is 2.36. The Balaban J connectivity index is 1.92. The minimum atomic E-state index is -1.02. The highest BCUT2D eigenvalue weighted by molar-refractivity contribution is 7.09. The van der Waals surface area contributed by atoms with Crippen molar-refractivity contribution in [2.24, 2.45) is 0 Å². The van der Waals surface area contributed by atoms with Gasteiger partial charge in [-0.25, -0.2) is 9.37 Å². The summed E-state index contributed by atoms with van der Waals surface area (Å²) in [6, 6.07) is 6.55. The van der Waals surface area contributed by atoms with E-state index in [-0.39, 0.29) is 18.5 Å². The molecule has 21 heavy (non-hydrogen) atoms. The average Bonchev–Trinajstić information content (AvgIpc) is 3.04. The summed E-state index contributed by atoms with van der Waals surface area (Å²) in [4.78, 5) is 18.6. The Morgan fingerprint density at radius 2 is 2.24 bits per heavy atom. The molecule has 1 fully saturated rings. The highest BCUT2D eigenvalue weighted by Gasteiger charge is 2.38. The van der Waals surface area contributed by atoms with Gasteiger partial charge in [0.1, 0.15) is 11.2 Å². The largest absolute Gasteiger partial charge is 0.326 e. The third kappa shape index (κ3) is 2.80. The molecule has 0 aliphatic carbocycles. The lowest BCUT2D eigenvalue weighted by Gasteiger charge is -2.23. The van der Waals surface area contributed by atoms with Crippen LogP contribution in [-0.4, -0.2) is 28.5 Å². The monoisotopic (exact) mass is 324 g/mol. The smallest absolute Gasteiger partial charge is 0.256 e. The lowest BCUT2D eigenvalue weighted by molar-refractivity contribution is 0.0728. The maximum Gasteiger partial charge on any atom is 0.256 e. The lowest BCUT2D eigenvalue weighted by Crippen LogP contribution is -2.31. The van der Waals surface area contributed by atoms with Gasteiger partial charge in [0.25, 0.3) is 5.91 Å². The van der Waals surface area contributed by atoms with Crippen molar-refractivity contribution in [2.75, 3.05) is 6.54 Å². The second-order valence-electron chi connectivity index (χ2n) is 5.11. The summed E-state index contributed by atoms with van der Waals surface area (Å²) >= 11 is 7.54. The molecule has 0 spiro atoms. The molecule has 110 valence electrons. The van der Waals surface area contributed by atoms with Crippen molar-refractivity contribution in [3.05, 3.63) is 50.9 Å². The predicted molar refractivity (Wildman–Crippen MR) is 81.6 cm³/mol. The summed E-state index contributed by atoms with van der Waals surface area (Å²) in [6.07, 6.45) is -0.728. The van der Waals surface area contributed by atoms with Gasteiger partial charge in [-0.2, -0.15) is 0 Å². The Kier molecular flexibility index (Phi) is 3.95. The fraction of sp³-hybridized carbons (Fsp3) is 0.333. The van der Waals surface area contributed by atoms with E-state index >= 15 is 0 Å². The number of rotatable bonds is 2. The maximum absolute atomic E-state index is 13.8. The van der Waals surface area contributed by atoms with E-state index in [0.29, 0.717) is 17.0 Å². The molecule has 3 rings (SSSR count). The van der Waals surface area contributed by atoms with Crippen molar-refractivity contribution in [3.63, 3.8) is 0 Å². The molecule has 0 saturated carbocycles. The lowest BCUT2D eigenvalue weighted by atomic mass is 10.1. The van der Waals surface area contributed by atoms with Crippen molar-refractivity contribution < 1.29 is 9.18 Å². The van der Waals surface area contributed by atoms with Crippen LogP contribution in [0, 0.1) is 6.92 Å². The quantitative estimate of drug-likeness (QED) is 0.835. The van der Waals surface area contributed by atoms with Gasteiger partial charge in [0.15, 0.2) is 0 Å². The van der Waals surface area contributed by atoms with E-state index in [1.165, 1.54) is 11.3 Å². The van der Waals surface area contributed by atoms with E-state index in [0.717, 1.165) is 10.7 Å². The van der Waals surface area contributed by atoms with E-state index in [4.69, 9.17) is 11.6 Å². The molecule has 2 aromatic rings. The number of aryl methyl sites for hydroxylation is 1. The van der Waals surface area contributed by atoms with Crippen LogP contribution in [0.4, 0.5) is 4.39 Å². The first-order valence-electron chi connectivity index (χ1n) is 6.68. The van der Waals surface area contributed by atoms with Crippen molar-refractivity contribution in [2.45, 2.75) is 25.6 Å². The summed E-state index contributed by atoms with van der Waals surface area (Å²) in [7, 11) is 0. The number of carbonyl (C=O) groups excluding carboxylic acids is 1. The second kappa shape index (κ2) is 5.73. The molecule has 1 amide bonds. The van der Waals surface area contributed by atoms with Crippen LogP contribution in [0.25, 0.3) is 0 Å². The van der Waals surface area contributed by atoms with Gasteiger partial charge in [0, 0.05) is 17.5 Å². The zero-order chi connectivity index (χ0) is 15.0. The van der Waals surface area contributed by atoms with Gasteiger partial charge >= 0.3 is 0 Å². The minimum absolute atomic E-state index is 0.0906. The van der Waals surface area contributed by atoms with Crippen LogP contribution in [-0.2, 0) is 0 Å². The zero-order valence-electron chi connectivity index (χ0n) is 11.4. The summed E-state index contributed by atoms with van der Waals surface area (Å²) in [5.74, 6) is -0.237. The number of benzene rings is 1. The molecule has 2 heterocycles. The number of hydrogen-bond donors (Lipinski definition) is 0. The molecule has 1 aromatic carbocycles.